The van der Waals surface area contributed by atoms with Crippen LogP contribution in [0.3, 0.4) is 0 Å². The monoisotopic (exact) mass is 378 g/mol. The fourth-order valence-electron chi connectivity index (χ4n) is 2.95. The number of hydrogen-bond acceptors (Lipinski definition) is 6. The van der Waals surface area contributed by atoms with Gasteiger partial charge >= 0.3 is 5.97 Å². The van der Waals surface area contributed by atoms with E-state index in [-0.39, 0.29) is 12.3 Å². The number of carbonyl (C=O) groups excluding carboxylic acids is 2. The van der Waals surface area contributed by atoms with E-state index in [0.29, 0.717) is 32.1 Å². The topological polar surface area (TPSA) is 118 Å². The normalized spacial score (nSPS) is 22.6. The first-order chi connectivity index (χ1) is 13.0. The van der Waals surface area contributed by atoms with Gasteiger partial charge in [0, 0.05) is 19.5 Å². The summed E-state index contributed by atoms with van der Waals surface area (Å²) in [4.78, 5) is 37.7. The Morgan fingerprint density at radius 3 is 2.44 bits per heavy atom. The zero-order valence-corrected chi connectivity index (χ0v) is 14.9. The van der Waals surface area contributed by atoms with E-state index in [0.717, 1.165) is 5.56 Å². The van der Waals surface area contributed by atoms with Crippen LogP contribution < -0.4 is 10.1 Å². The van der Waals surface area contributed by atoms with E-state index >= 15 is 0 Å². The molecule has 3 rings (SSSR count). The number of hydrogen-bond donors (Lipinski definition) is 2. The summed E-state index contributed by atoms with van der Waals surface area (Å²) in [6, 6.07) is 6.37. The van der Waals surface area contributed by atoms with E-state index in [1.165, 1.54) is 0 Å². The molecular weight excluding hydrogens is 356 g/mol. The third-order valence-corrected chi connectivity index (χ3v) is 4.53. The number of nitrogens with zero attached hydrogens (tertiary/aromatic N) is 1. The van der Waals surface area contributed by atoms with Crippen LogP contribution in [0.25, 0.3) is 0 Å². The van der Waals surface area contributed by atoms with Crippen molar-refractivity contribution < 1.29 is 33.7 Å². The van der Waals surface area contributed by atoms with E-state index in [9.17, 15) is 14.4 Å². The van der Waals surface area contributed by atoms with Gasteiger partial charge in [0.1, 0.15) is 11.8 Å². The SMILES string of the molecule is COc1ccc(C[C@H](NC(=O)[C@H]2O[C@@H]2C(=O)O)C(=O)N2CCOCC2)cc1. The molecule has 2 heterocycles. The first kappa shape index (κ1) is 19.1. The zero-order valence-electron chi connectivity index (χ0n) is 14.9. The van der Waals surface area contributed by atoms with E-state index in [2.05, 4.69) is 5.32 Å². The highest BCUT2D eigenvalue weighted by Crippen LogP contribution is 2.23. The molecule has 0 saturated carbocycles. The van der Waals surface area contributed by atoms with Crippen LogP contribution in [0.2, 0.25) is 0 Å². The number of morpholine rings is 1. The number of epoxide rings is 1. The molecule has 0 bridgehead atoms. The molecule has 27 heavy (non-hydrogen) atoms. The smallest absolute Gasteiger partial charge is 0.336 e. The molecule has 146 valence electrons. The Bertz CT molecular complexity index is 700. The maximum Gasteiger partial charge on any atom is 0.336 e. The standard InChI is InChI=1S/C18H22N2O7/c1-25-12-4-2-11(3-5-12)10-13(17(22)20-6-8-26-9-7-20)19-16(21)14-15(27-14)18(23)24/h2-5,13-15H,6-10H2,1H3,(H,19,21)(H,23,24)/t13-,14-,15-/m0/s1. The molecule has 0 aromatic heterocycles. The molecule has 0 unspecified atom stereocenters. The molecule has 0 aliphatic carbocycles. The first-order valence-corrected chi connectivity index (χ1v) is 8.67. The Balaban J connectivity index is 1.70. The van der Waals surface area contributed by atoms with Gasteiger partial charge in [0.25, 0.3) is 5.91 Å². The molecule has 0 spiro atoms. The number of carboxylic acids is 1. The molecular formula is C18H22N2O7. The average Bonchev–Trinajstić information content (AvgIpc) is 3.49. The predicted molar refractivity (Wildman–Crippen MR) is 92.3 cm³/mol. The summed E-state index contributed by atoms with van der Waals surface area (Å²) < 4.78 is 15.3. The van der Waals surface area contributed by atoms with Crippen molar-refractivity contribution in [1.82, 2.24) is 10.2 Å². The Morgan fingerprint density at radius 1 is 1.22 bits per heavy atom. The summed E-state index contributed by atoms with van der Waals surface area (Å²) in [5, 5.41) is 11.5. The Morgan fingerprint density at radius 2 is 1.89 bits per heavy atom. The van der Waals surface area contributed by atoms with Gasteiger partial charge in [-0.3, -0.25) is 9.59 Å². The molecule has 9 nitrogen and oxygen atoms in total. The van der Waals surface area contributed by atoms with Crippen molar-refractivity contribution in [3.05, 3.63) is 29.8 Å². The van der Waals surface area contributed by atoms with E-state index in [1.807, 2.05) is 12.1 Å². The summed E-state index contributed by atoms with van der Waals surface area (Å²) >= 11 is 0. The van der Waals surface area contributed by atoms with Crippen LogP contribution >= 0.6 is 0 Å². The third-order valence-electron chi connectivity index (χ3n) is 4.53. The summed E-state index contributed by atoms with van der Waals surface area (Å²) in [5.74, 6) is -1.33. The fourth-order valence-corrected chi connectivity index (χ4v) is 2.95. The van der Waals surface area contributed by atoms with Gasteiger partial charge in [0.05, 0.1) is 20.3 Å². The lowest BCUT2D eigenvalue weighted by molar-refractivity contribution is -0.140. The number of methoxy groups -OCH3 is 1. The van der Waals surface area contributed by atoms with Gasteiger partial charge in [-0.05, 0) is 17.7 Å². The van der Waals surface area contributed by atoms with Crippen molar-refractivity contribution in [2.45, 2.75) is 24.7 Å². The molecule has 1 aromatic carbocycles. The van der Waals surface area contributed by atoms with Crippen molar-refractivity contribution in [2.75, 3.05) is 33.4 Å². The minimum Gasteiger partial charge on any atom is -0.497 e. The molecule has 2 aliphatic heterocycles. The molecule has 2 aliphatic rings. The molecule has 2 N–H and O–H groups in total. The lowest BCUT2D eigenvalue weighted by Crippen LogP contribution is -2.53. The van der Waals surface area contributed by atoms with Crippen LogP contribution in [0.15, 0.2) is 24.3 Å². The highest BCUT2D eigenvalue weighted by Gasteiger charge is 2.51. The quantitative estimate of drug-likeness (QED) is 0.610. The van der Waals surface area contributed by atoms with Gasteiger partial charge in [-0.25, -0.2) is 4.79 Å². The van der Waals surface area contributed by atoms with Crippen LogP contribution in [0.4, 0.5) is 0 Å². The summed E-state index contributed by atoms with van der Waals surface area (Å²) in [6.45, 7) is 1.79. The minimum atomic E-state index is -1.19. The van der Waals surface area contributed by atoms with Gasteiger partial charge in [-0.15, -0.1) is 0 Å². The maximum atomic E-state index is 12.9. The van der Waals surface area contributed by atoms with E-state index in [1.54, 1.807) is 24.1 Å². The summed E-state index contributed by atoms with van der Waals surface area (Å²) in [6.07, 6.45) is -1.93. The zero-order chi connectivity index (χ0) is 19.4. The van der Waals surface area contributed by atoms with Gasteiger partial charge < -0.3 is 29.5 Å². The van der Waals surface area contributed by atoms with Crippen molar-refractivity contribution in [2.24, 2.45) is 0 Å². The second-order valence-corrected chi connectivity index (χ2v) is 6.37. The molecule has 9 heteroatoms. The summed E-state index contributed by atoms with van der Waals surface area (Å²) in [7, 11) is 1.56. The molecule has 0 radical (unpaired) electrons. The maximum absolute atomic E-state index is 12.9. The number of rotatable bonds is 7. The van der Waals surface area contributed by atoms with Gasteiger partial charge in [0.2, 0.25) is 5.91 Å². The lowest BCUT2D eigenvalue weighted by atomic mass is 10.0. The second kappa shape index (κ2) is 8.36. The van der Waals surface area contributed by atoms with Crippen molar-refractivity contribution >= 4 is 17.8 Å². The Kier molecular flexibility index (Phi) is 5.92. The Hall–Kier alpha value is -2.65. The van der Waals surface area contributed by atoms with Crippen LogP contribution in [-0.2, 0) is 30.3 Å². The number of amides is 2. The van der Waals surface area contributed by atoms with Gasteiger partial charge in [0.15, 0.2) is 12.2 Å². The predicted octanol–water partition coefficient (Wildman–Crippen LogP) is -0.567. The van der Waals surface area contributed by atoms with Crippen LogP contribution in [0, 0.1) is 0 Å². The Labute approximate surface area is 156 Å². The number of aliphatic carboxylic acids is 1. The summed E-state index contributed by atoms with van der Waals surface area (Å²) in [5.41, 5.74) is 0.842. The van der Waals surface area contributed by atoms with Crippen LogP contribution in [-0.4, -0.2) is 79.5 Å². The van der Waals surface area contributed by atoms with Crippen LogP contribution in [0.1, 0.15) is 5.56 Å². The lowest BCUT2D eigenvalue weighted by Gasteiger charge is -2.30. The second-order valence-electron chi connectivity index (χ2n) is 6.37. The highest BCUT2D eigenvalue weighted by molar-refractivity contribution is 5.95. The third kappa shape index (κ3) is 4.75. The van der Waals surface area contributed by atoms with Crippen molar-refractivity contribution in [3.63, 3.8) is 0 Å². The molecule has 1 aromatic rings. The number of nitrogens with one attached hydrogen (secondary N) is 1. The average molecular weight is 378 g/mol. The van der Waals surface area contributed by atoms with E-state index in [4.69, 9.17) is 19.3 Å². The molecule has 3 atom stereocenters. The van der Waals surface area contributed by atoms with E-state index < -0.39 is 30.1 Å². The largest absolute Gasteiger partial charge is 0.497 e. The molecule has 2 saturated heterocycles. The first-order valence-electron chi connectivity index (χ1n) is 8.67. The van der Waals surface area contributed by atoms with Crippen molar-refractivity contribution in [3.8, 4) is 5.75 Å². The van der Waals surface area contributed by atoms with Gasteiger partial charge in [-0.2, -0.15) is 0 Å². The fraction of sp³-hybridized carbons (Fsp3) is 0.500. The number of benzene rings is 1. The van der Waals surface area contributed by atoms with Gasteiger partial charge in [-0.1, -0.05) is 12.1 Å². The molecule has 2 amide bonds. The number of carbonyl (C=O) groups is 3. The van der Waals surface area contributed by atoms with Crippen LogP contribution in [0.5, 0.6) is 5.75 Å². The highest BCUT2D eigenvalue weighted by atomic mass is 16.6. The number of carboxylic acid groups (broad SMARTS) is 1. The minimum absolute atomic E-state index is 0.227. The van der Waals surface area contributed by atoms with Crippen molar-refractivity contribution in [1.29, 1.82) is 0 Å². The molecule has 2 fully saturated rings. The number of ether oxygens (including phenoxy) is 3.